The Kier molecular flexibility index (Phi) is 6.39. The van der Waals surface area contributed by atoms with Crippen molar-refractivity contribution in [3.63, 3.8) is 0 Å². The minimum Gasteiger partial charge on any atom is -0.363 e. The predicted molar refractivity (Wildman–Crippen MR) is 111 cm³/mol. The first-order valence-electron chi connectivity index (χ1n) is 8.84. The van der Waals surface area contributed by atoms with E-state index in [1.54, 1.807) is 36.4 Å². The molecule has 148 valence electrons. The van der Waals surface area contributed by atoms with Crippen molar-refractivity contribution in [1.82, 2.24) is 4.90 Å². The molecule has 0 spiro atoms. The maximum absolute atomic E-state index is 12.6. The standard InChI is InChI=1S/C19H20Cl2N4O3/c1-13(19(26)22-16-11-14(20)10-15(21)12-16)23-6-8-24(9-7-23)17-4-2-3-5-18(17)25(27)28/h2-5,10-13H,6-9H2,1H3,(H,22,26). The quantitative estimate of drug-likeness (QED) is 0.580. The van der Waals surface area contributed by atoms with Gasteiger partial charge in [0.15, 0.2) is 0 Å². The summed E-state index contributed by atoms with van der Waals surface area (Å²) in [4.78, 5) is 27.5. The third-order valence-corrected chi connectivity index (χ3v) is 5.23. The molecule has 2 aromatic carbocycles. The van der Waals surface area contributed by atoms with Crippen molar-refractivity contribution < 1.29 is 9.72 Å². The summed E-state index contributed by atoms with van der Waals surface area (Å²) in [6.45, 7) is 4.28. The molecule has 0 bridgehead atoms. The molecule has 1 aliphatic rings. The second-order valence-corrected chi connectivity index (χ2v) is 7.47. The summed E-state index contributed by atoms with van der Waals surface area (Å²) >= 11 is 11.9. The van der Waals surface area contributed by atoms with Gasteiger partial charge in [-0.25, -0.2) is 0 Å². The lowest BCUT2D eigenvalue weighted by molar-refractivity contribution is -0.384. The molecule has 2 aromatic rings. The summed E-state index contributed by atoms with van der Waals surface area (Å²) in [5.41, 5.74) is 1.25. The van der Waals surface area contributed by atoms with E-state index in [2.05, 4.69) is 5.32 Å². The summed E-state index contributed by atoms with van der Waals surface area (Å²) in [5, 5.41) is 15.0. The average Bonchev–Trinajstić information content (AvgIpc) is 2.66. The Morgan fingerprint density at radius 1 is 1.11 bits per heavy atom. The number of carbonyl (C=O) groups is 1. The zero-order valence-corrected chi connectivity index (χ0v) is 16.8. The number of hydrogen-bond donors (Lipinski definition) is 1. The van der Waals surface area contributed by atoms with Gasteiger partial charge in [-0.3, -0.25) is 19.8 Å². The first-order chi connectivity index (χ1) is 13.3. The summed E-state index contributed by atoms with van der Waals surface area (Å²) in [5.74, 6) is -0.155. The fraction of sp³-hybridized carbons (Fsp3) is 0.316. The van der Waals surface area contributed by atoms with Crippen molar-refractivity contribution in [1.29, 1.82) is 0 Å². The van der Waals surface area contributed by atoms with Gasteiger partial charge in [0, 0.05) is 48.0 Å². The number of carbonyl (C=O) groups excluding carboxylic acids is 1. The average molecular weight is 423 g/mol. The van der Waals surface area contributed by atoms with Crippen LogP contribution >= 0.6 is 23.2 Å². The normalized spacial score (nSPS) is 15.9. The Balaban J connectivity index is 1.61. The fourth-order valence-corrected chi connectivity index (χ4v) is 3.80. The van der Waals surface area contributed by atoms with Crippen LogP contribution in [0.3, 0.4) is 0 Å². The molecule has 1 amide bonds. The molecule has 7 nitrogen and oxygen atoms in total. The maximum Gasteiger partial charge on any atom is 0.292 e. The lowest BCUT2D eigenvalue weighted by Gasteiger charge is -2.38. The Morgan fingerprint density at radius 3 is 2.32 bits per heavy atom. The summed E-state index contributed by atoms with van der Waals surface area (Å²) in [6, 6.07) is 11.2. The van der Waals surface area contributed by atoms with Gasteiger partial charge < -0.3 is 10.2 Å². The fourth-order valence-electron chi connectivity index (χ4n) is 3.27. The molecule has 3 rings (SSSR count). The molecule has 28 heavy (non-hydrogen) atoms. The van der Waals surface area contributed by atoms with E-state index in [9.17, 15) is 14.9 Å². The minimum absolute atomic E-state index is 0.0968. The summed E-state index contributed by atoms with van der Waals surface area (Å²) in [7, 11) is 0. The van der Waals surface area contributed by atoms with Gasteiger partial charge in [0.2, 0.25) is 5.91 Å². The highest BCUT2D eigenvalue weighted by atomic mass is 35.5. The van der Waals surface area contributed by atoms with E-state index in [0.29, 0.717) is 47.6 Å². The third-order valence-electron chi connectivity index (χ3n) is 4.79. The van der Waals surface area contributed by atoms with Crippen LogP contribution in [0.4, 0.5) is 17.1 Å². The van der Waals surface area contributed by atoms with E-state index in [1.165, 1.54) is 6.07 Å². The Morgan fingerprint density at radius 2 is 1.71 bits per heavy atom. The van der Waals surface area contributed by atoms with Gasteiger partial charge >= 0.3 is 0 Å². The number of nitro groups is 1. The zero-order chi connectivity index (χ0) is 20.3. The van der Waals surface area contributed by atoms with Crippen LogP contribution in [0, 0.1) is 10.1 Å². The van der Waals surface area contributed by atoms with Crippen LogP contribution < -0.4 is 10.2 Å². The van der Waals surface area contributed by atoms with E-state index in [-0.39, 0.29) is 22.6 Å². The minimum atomic E-state index is -0.367. The zero-order valence-electron chi connectivity index (χ0n) is 15.3. The Labute approximate surface area is 173 Å². The molecule has 1 N–H and O–H groups in total. The molecule has 0 aliphatic carbocycles. The van der Waals surface area contributed by atoms with Gasteiger partial charge in [0.05, 0.1) is 11.0 Å². The lowest BCUT2D eigenvalue weighted by Crippen LogP contribution is -2.53. The molecule has 1 atom stereocenters. The van der Waals surface area contributed by atoms with Crippen molar-refractivity contribution in [2.24, 2.45) is 0 Å². The van der Waals surface area contributed by atoms with Crippen molar-refractivity contribution >= 4 is 46.2 Å². The van der Waals surface area contributed by atoms with Gasteiger partial charge in [-0.1, -0.05) is 35.3 Å². The van der Waals surface area contributed by atoms with Gasteiger partial charge in [-0.2, -0.15) is 0 Å². The number of piperazine rings is 1. The van der Waals surface area contributed by atoms with Crippen LogP contribution in [0.15, 0.2) is 42.5 Å². The number of rotatable bonds is 5. The first-order valence-corrected chi connectivity index (χ1v) is 9.60. The topological polar surface area (TPSA) is 78.7 Å². The van der Waals surface area contributed by atoms with Crippen LogP contribution in [-0.4, -0.2) is 48.0 Å². The molecule has 1 heterocycles. The Hall–Kier alpha value is -2.35. The van der Waals surface area contributed by atoms with Crippen molar-refractivity contribution in [3.8, 4) is 0 Å². The number of nitrogens with one attached hydrogen (secondary N) is 1. The number of amides is 1. The number of para-hydroxylation sites is 2. The maximum atomic E-state index is 12.6. The van der Waals surface area contributed by atoms with Crippen LogP contribution in [0.2, 0.25) is 10.0 Å². The van der Waals surface area contributed by atoms with Crippen LogP contribution in [-0.2, 0) is 4.79 Å². The van der Waals surface area contributed by atoms with E-state index in [4.69, 9.17) is 23.2 Å². The summed E-state index contributed by atoms with van der Waals surface area (Å²) < 4.78 is 0. The lowest BCUT2D eigenvalue weighted by atomic mass is 10.1. The molecule has 0 aromatic heterocycles. The van der Waals surface area contributed by atoms with Crippen molar-refractivity contribution in [2.45, 2.75) is 13.0 Å². The van der Waals surface area contributed by atoms with Crippen LogP contribution in [0.5, 0.6) is 0 Å². The summed E-state index contributed by atoms with van der Waals surface area (Å²) in [6.07, 6.45) is 0. The molecule has 1 aliphatic heterocycles. The number of nitrogens with zero attached hydrogens (tertiary/aromatic N) is 3. The number of benzene rings is 2. The molecule has 1 unspecified atom stereocenters. The molecule has 9 heteroatoms. The number of hydrogen-bond acceptors (Lipinski definition) is 5. The second kappa shape index (κ2) is 8.77. The number of halogens is 2. The van der Waals surface area contributed by atoms with E-state index >= 15 is 0 Å². The smallest absolute Gasteiger partial charge is 0.292 e. The van der Waals surface area contributed by atoms with Gasteiger partial charge in [0.1, 0.15) is 5.69 Å². The van der Waals surface area contributed by atoms with Crippen molar-refractivity contribution in [2.75, 3.05) is 36.4 Å². The number of nitro benzene ring substituents is 1. The Bertz CT molecular complexity index is 865. The van der Waals surface area contributed by atoms with E-state index < -0.39 is 0 Å². The second-order valence-electron chi connectivity index (χ2n) is 6.59. The van der Waals surface area contributed by atoms with E-state index in [1.807, 2.05) is 16.7 Å². The largest absolute Gasteiger partial charge is 0.363 e. The first kappa shape index (κ1) is 20.4. The van der Waals surface area contributed by atoms with Crippen molar-refractivity contribution in [3.05, 3.63) is 62.6 Å². The molecule has 0 radical (unpaired) electrons. The van der Waals surface area contributed by atoms with Crippen LogP contribution in [0.1, 0.15) is 6.92 Å². The van der Waals surface area contributed by atoms with Gasteiger partial charge in [-0.05, 0) is 31.2 Å². The molecule has 1 fully saturated rings. The highest BCUT2D eigenvalue weighted by Gasteiger charge is 2.28. The highest BCUT2D eigenvalue weighted by molar-refractivity contribution is 6.35. The third kappa shape index (κ3) is 4.73. The molecular formula is C19H20Cl2N4O3. The molecule has 0 saturated carbocycles. The van der Waals surface area contributed by atoms with Gasteiger partial charge in [0.25, 0.3) is 5.69 Å². The molecular weight excluding hydrogens is 403 g/mol. The van der Waals surface area contributed by atoms with Gasteiger partial charge in [-0.15, -0.1) is 0 Å². The monoisotopic (exact) mass is 422 g/mol. The number of anilines is 2. The molecule has 1 saturated heterocycles. The SMILES string of the molecule is CC(C(=O)Nc1cc(Cl)cc(Cl)c1)N1CCN(c2ccccc2[N+](=O)[O-])CC1. The predicted octanol–water partition coefficient (Wildman–Crippen LogP) is 4.05. The van der Waals surface area contributed by atoms with E-state index in [0.717, 1.165) is 0 Å². The van der Waals surface area contributed by atoms with Crippen LogP contribution in [0.25, 0.3) is 0 Å². The highest BCUT2D eigenvalue weighted by Crippen LogP contribution is 2.28.